The van der Waals surface area contributed by atoms with E-state index in [1.165, 1.54) is 13.8 Å². The summed E-state index contributed by atoms with van der Waals surface area (Å²) in [6.07, 6.45) is 5.96. The lowest BCUT2D eigenvalue weighted by Crippen LogP contribution is -2.42. The lowest BCUT2D eigenvalue weighted by atomic mass is 9.88. The third-order valence-electron chi connectivity index (χ3n) is 7.87. The first-order valence-electron chi connectivity index (χ1n) is 14.1. The molecule has 0 radical (unpaired) electrons. The van der Waals surface area contributed by atoms with Gasteiger partial charge >= 0.3 is 11.9 Å². The highest BCUT2D eigenvalue weighted by atomic mass is 16.6. The van der Waals surface area contributed by atoms with Gasteiger partial charge in [0.25, 0.3) is 0 Å². The fourth-order valence-electron chi connectivity index (χ4n) is 5.05. The van der Waals surface area contributed by atoms with E-state index in [2.05, 4.69) is 5.18 Å². The van der Waals surface area contributed by atoms with Crippen molar-refractivity contribution in [3.63, 3.8) is 0 Å². The van der Waals surface area contributed by atoms with Gasteiger partial charge in [-0.05, 0) is 51.7 Å². The highest BCUT2D eigenvalue weighted by Gasteiger charge is 2.48. The zero-order chi connectivity index (χ0) is 30.3. The van der Waals surface area contributed by atoms with Gasteiger partial charge in [-0.1, -0.05) is 50.3 Å². The van der Waals surface area contributed by atoms with E-state index in [0.29, 0.717) is 18.4 Å². The van der Waals surface area contributed by atoms with Crippen molar-refractivity contribution >= 4 is 11.9 Å². The van der Waals surface area contributed by atoms with Crippen LogP contribution >= 0.6 is 0 Å². The number of nitroso groups, excluding NO2 is 1. The van der Waals surface area contributed by atoms with Crippen molar-refractivity contribution in [1.82, 2.24) is 0 Å². The van der Waals surface area contributed by atoms with Crippen LogP contribution in [0.3, 0.4) is 0 Å². The number of hydrogen-bond donors (Lipinski definition) is 3. The third kappa shape index (κ3) is 9.90. The third-order valence-corrected chi connectivity index (χ3v) is 7.87. The van der Waals surface area contributed by atoms with Crippen molar-refractivity contribution in [3.8, 4) is 0 Å². The van der Waals surface area contributed by atoms with Crippen LogP contribution in [0.5, 0.6) is 0 Å². The van der Waals surface area contributed by atoms with Crippen LogP contribution in [0.1, 0.15) is 80.6 Å². The number of esters is 2. The number of nitrogens with zero attached hydrogens (tertiary/aromatic N) is 1. The van der Waals surface area contributed by atoms with Crippen LogP contribution in [-0.2, 0) is 23.8 Å². The van der Waals surface area contributed by atoms with E-state index >= 15 is 0 Å². The standard InChI is InChI=1S/C30H47NO9/c1-8-23(34)20(4)28-24(39-28)17-29(6,31-37)14-9-10-18(2)27-19(3)11-12-25(38-21(5)32)30(7,36)15-13-22(33)16-26(35)40-27/h9-12,14,19-20,22-25,27-28,33-34,36H,8,13,15-17H2,1-7H3/b12-11+,14-9+,18-10+. The zero-order valence-electron chi connectivity index (χ0n) is 24.8. The fourth-order valence-corrected chi connectivity index (χ4v) is 5.05. The van der Waals surface area contributed by atoms with E-state index < -0.39 is 47.5 Å². The van der Waals surface area contributed by atoms with Crippen molar-refractivity contribution < 1.29 is 39.1 Å². The van der Waals surface area contributed by atoms with E-state index in [4.69, 9.17) is 14.2 Å². The number of aliphatic hydroxyl groups excluding tert-OH is 2. The van der Waals surface area contributed by atoms with Crippen LogP contribution in [0, 0.1) is 16.7 Å². The monoisotopic (exact) mass is 565 g/mol. The Balaban J connectivity index is 2.23. The summed E-state index contributed by atoms with van der Waals surface area (Å²) in [4.78, 5) is 36.1. The molecular weight excluding hydrogens is 518 g/mol. The molecule has 226 valence electrons. The normalized spacial score (nSPS) is 35.9. The highest BCUT2D eigenvalue weighted by molar-refractivity contribution is 5.70. The van der Waals surface area contributed by atoms with Crippen LogP contribution < -0.4 is 0 Å². The minimum absolute atomic E-state index is 0.0370. The molecule has 2 aliphatic rings. The largest absolute Gasteiger partial charge is 0.457 e. The molecule has 10 nitrogen and oxygen atoms in total. The van der Waals surface area contributed by atoms with Gasteiger partial charge in [0, 0.05) is 25.2 Å². The molecule has 10 heteroatoms. The van der Waals surface area contributed by atoms with Crippen LogP contribution in [0.4, 0.5) is 0 Å². The molecule has 0 amide bonds. The first-order chi connectivity index (χ1) is 18.6. The van der Waals surface area contributed by atoms with Gasteiger partial charge in [0.15, 0.2) is 0 Å². The van der Waals surface area contributed by atoms with Crippen molar-refractivity contribution in [2.45, 2.75) is 128 Å². The van der Waals surface area contributed by atoms with Gasteiger partial charge < -0.3 is 29.5 Å². The lowest BCUT2D eigenvalue weighted by molar-refractivity contribution is -0.157. The Bertz CT molecular complexity index is 974. The molecule has 3 N–H and O–H groups in total. The maximum absolute atomic E-state index is 12.6. The average molecular weight is 566 g/mol. The molecule has 0 saturated carbocycles. The van der Waals surface area contributed by atoms with Gasteiger partial charge in [-0.2, -0.15) is 0 Å². The van der Waals surface area contributed by atoms with Gasteiger partial charge in [-0.15, -0.1) is 4.91 Å². The summed E-state index contributed by atoms with van der Waals surface area (Å²) >= 11 is 0. The van der Waals surface area contributed by atoms with Crippen molar-refractivity contribution in [1.29, 1.82) is 0 Å². The second-order valence-electron chi connectivity index (χ2n) is 11.8. The smallest absolute Gasteiger partial charge is 0.309 e. The molecule has 2 aliphatic heterocycles. The Morgan fingerprint density at radius 1 is 1.35 bits per heavy atom. The molecule has 0 bridgehead atoms. The Hall–Kier alpha value is -2.40. The number of allylic oxidation sites excluding steroid dienone is 2. The van der Waals surface area contributed by atoms with Crippen molar-refractivity contribution in [3.05, 3.63) is 40.9 Å². The second kappa shape index (κ2) is 14.5. The van der Waals surface area contributed by atoms with Gasteiger partial charge in [0.2, 0.25) is 0 Å². The first-order valence-corrected chi connectivity index (χ1v) is 14.1. The Morgan fingerprint density at radius 2 is 2.02 bits per heavy atom. The molecule has 40 heavy (non-hydrogen) atoms. The van der Waals surface area contributed by atoms with Gasteiger partial charge in [-0.25, -0.2) is 0 Å². The molecule has 2 heterocycles. The summed E-state index contributed by atoms with van der Waals surface area (Å²) in [5.41, 5.74) is -1.80. The fraction of sp³-hybridized carbons (Fsp3) is 0.733. The molecule has 0 aromatic rings. The lowest BCUT2D eigenvalue weighted by Gasteiger charge is -2.32. The van der Waals surface area contributed by atoms with E-state index in [-0.39, 0.29) is 43.3 Å². The van der Waals surface area contributed by atoms with Crippen LogP contribution in [-0.4, -0.2) is 75.0 Å². The predicted molar refractivity (Wildman–Crippen MR) is 150 cm³/mol. The summed E-state index contributed by atoms with van der Waals surface area (Å²) in [5, 5.41) is 34.7. The number of rotatable bonds is 10. The van der Waals surface area contributed by atoms with Gasteiger partial charge in [-0.3, -0.25) is 9.59 Å². The Kier molecular flexibility index (Phi) is 12.2. The highest BCUT2D eigenvalue weighted by Crippen LogP contribution is 2.38. The quantitative estimate of drug-likeness (QED) is 0.118. The maximum Gasteiger partial charge on any atom is 0.309 e. The van der Waals surface area contributed by atoms with Crippen molar-refractivity contribution in [2.24, 2.45) is 17.0 Å². The number of aliphatic hydroxyl groups is 3. The molecular formula is C30H47NO9. The minimum Gasteiger partial charge on any atom is -0.457 e. The molecule has 10 unspecified atom stereocenters. The summed E-state index contributed by atoms with van der Waals surface area (Å²) < 4.78 is 16.8. The topological polar surface area (TPSA) is 155 Å². The summed E-state index contributed by atoms with van der Waals surface area (Å²) in [5.74, 6) is -1.54. The predicted octanol–water partition coefficient (Wildman–Crippen LogP) is 3.91. The average Bonchev–Trinajstić information content (AvgIpc) is 3.64. The number of carbonyl (C=O) groups is 2. The molecule has 10 atom stereocenters. The number of cyclic esters (lactones) is 1. The first kappa shape index (κ1) is 33.8. The van der Waals surface area contributed by atoms with E-state index in [9.17, 15) is 29.8 Å². The summed E-state index contributed by atoms with van der Waals surface area (Å²) in [6.45, 7) is 11.9. The van der Waals surface area contributed by atoms with Crippen molar-refractivity contribution in [2.75, 3.05) is 0 Å². The maximum atomic E-state index is 12.6. The number of hydrogen-bond acceptors (Lipinski definition) is 10. The molecule has 0 spiro atoms. The summed E-state index contributed by atoms with van der Waals surface area (Å²) in [6, 6.07) is 0. The number of ether oxygens (including phenoxy) is 3. The minimum atomic E-state index is -1.45. The molecule has 1 fully saturated rings. The zero-order valence-corrected chi connectivity index (χ0v) is 24.8. The Labute approximate surface area is 237 Å². The van der Waals surface area contributed by atoms with E-state index in [1.54, 1.807) is 44.2 Å². The van der Waals surface area contributed by atoms with Crippen LogP contribution in [0.25, 0.3) is 0 Å². The van der Waals surface area contributed by atoms with Gasteiger partial charge in [0.05, 0.1) is 30.8 Å². The van der Waals surface area contributed by atoms with Gasteiger partial charge in [0.1, 0.15) is 23.3 Å². The molecule has 2 rings (SSSR count). The molecule has 0 aromatic heterocycles. The van der Waals surface area contributed by atoms with Crippen LogP contribution in [0.2, 0.25) is 0 Å². The van der Waals surface area contributed by atoms with Crippen LogP contribution in [0.15, 0.2) is 41.1 Å². The molecule has 0 aromatic carbocycles. The van der Waals surface area contributed by atoms with E-state index in [1.807, 2.05) is 20.8 Å². The SMILES string of the molecule is CCC(O)C(C)C1OC1CC(C)(/C=C/C=C(\C)C1OC(=O)CC(O)CCC(C)(O)C(OC(C)=O)/C=C/C1C)N=O. The number of carbonyl (C=O) groups excluding carboxylic acids is 2. The Morgan fingerprint density at radius 3 is 2.62 bits per heavy atom. The van der Waals surface area contributed by atoms with E-state index in [0.717, 1.165) is 0 Å². The molecule has 1 saturated heterocycles. The number of epoxide rings is 1. The summed E-state index contributed by atoms with van der Waals surface area (Å²) in [7, 11) is 0. The second-order valence-corrected chi connectivity index (χ2v) is 11.8. The molecule has 0 aliphatic carbocycles.